The summed E-state index contributed by atoms with van der Waals surface area (Å²) in [6, 6.07) is 13.5. The van der Waals surface area contributed by atoms with Crippen LogP contribution < -0.4 is 9.47 Å². The van der Waals surface area contributed by atoms with E-state index in [1.54, 1.807) is 37.7 Å². The van der Waals surface area contributed by atoms with Crippen LogP contribution in [-0.4, -0.2) is 25.1 Å². The van der Waals surface area contributed by atoms with Crippen molar-refractivity contribution in [3.05, 3.63) is 75.2 Å². The zero-order valence-electron chi connectivity index (χ0n) is 15.3. The molecule has 0 fully saturated rings. The summed E-state index contributed by atoms with van der Waals surface area (Å²) in [7, 11) is 3.13. The quantitative estimate of drug-likeness (QED) is 0.326. The number of hydrogen-bond acceptors (Lipinski definition) is 6. The molecule has 0 N–H and O–H groups in total. The van der Waals surface area contributed by atoms with E-state index >= 15 is 0 Å². The van der Waals surface area contributed by atoms with E-state index < -0.39 is 4.92 Å². The Bertz CT molecular complexity index is 1040. The van der Waals surface area contributed by atoms with Crippen molar-refractivity contribution in [3.8, 4) is 21.9 Å². The summed E-state index contributed by atoms with van der Waals surface area (Å²) in [5, 5.41) is 12.8. The third-order valence-electron chi connectivity index (χ3n) is 4.33. The molecule has 1 heterocycles. The molecule has 0 saturated carbocycles. The van der Waals surface area contributed by atoms with Gasteiger partial charge in [0.2, 0.25) is 0 Å². The molecule has 0 atom stereocenters. The molecule has 3 rings (SSSR count). The topological polar surface area (TPSA) is 78.7 Å². The number of carbonyl (C=O) groups excluding carboxylic acids is 1. The van der Waals surface area contributed by atoms with Gasteiger partial charge in [-0.2, -0.15) is 0 Å². The van der Waals surface area contributed by atoms with E-state index in [2.05, 4.69) is 0 Å². The highest BCUT2D eigenvalue weighted by atomic mass is 32.1. The van der Waals surface area contributed by atoms with Gasteiger partial charge in [0.1, 0.15) is 17.4 Å². The second kappa shape index (κ2) is 8.52. The number of thiophene rings is 1. The van der Waals surface area contributed by atoms with Crippen LogP contribution in [0.15, 0.2) is 53.9 Å². The summed E-state index contributed by atoms with van der Waals surface area (Å²) in [6.45, 7) is 0. The molecule has 6 nitrogen and oxygen atoms in total. The first-order valence-electron chi connectivity index (χ1n) is 8.35. The van der Waals surface area contributed by atoms with Crippen molar-refractivity contribution in [2.45, 2.75) is 6.42 Å². The van der Waals surface area contributed by atoms with Crippen molar-refractivity contribution in [3.63, 3.8) is 0 Å². The first-order valence-corrected chi connectivity index (χ1v) is 9.23. The van der Waals surface area contributed by atoms with Crippen molar-refractivity contribution >= 4 is 28.5 Å². The molecule has 0 aliphatic carbocycles. The molecule has 28 heavy (non-hydrogen) atoms. The third kappa shape index (κ3) is 3.81. The number of nitro benzene ring substituents is 1. The maximum atomic E-state index is 11.7. The van der Waals surface area contributed by atoms with E-state index in [0.29, 0.717) is 28.2 Å². The minimum absolute atomic E-state index is 0.0381. The molecule has 0 saturated heterocycles. The second-order valence-corrected chi connectivity index (χ2v) is 6.81. The fourth-order valence-corrected chi connectivity index (χ4v) is 3.73. The van der Waals surface area contributed by atoms with E-state index in [1.807, 2.05) is 35.6 Å². The van der Waals surface area contributed by atoms with Crippen molar-refractivity contribution < 1.29 is 19.2 Å². The molecule has 0 amide bonds. The molecule has 0 aliphatic heterocycles. The molecule has 142 valence electrons. The van der Waals surface area contributed by atoms with Gasteiger partial charge in [-0.3, -0.25) is 10.1 Å². The lowest BCUT2D eigenvalue weighted by atomic mass is 9.96. The normalized spacial score (nSPS) is 10.2. The number of rotatable bonds is 7. The van der Waals surface area contributed by atoms with E-state index in [1.165, 1.54) is 12.1 Å². The largest absolute Gasteiger partial charge is 0.496 e. The lowest BCUT2D eigenvalue weighted by Gasteiger charge is -2.17. The summed E-state index contributed by atoms with van der Waals surface area (Å²) in [5.41, 5.74) is 2.50. The minimum atomic E-state index is -0.482. The Balaban J connectivity index is 2.05. The Labute approximate surface area is 165 Å². The lowest BCUT2D eigenvalue weighted by Crippen LogP contribution is -2.01. The number of benzene rings is 2. The van der Waals surface area contributed by atoms with Crippen molar-refractivity contribution in [1.82, 2.24) is 0 Å². The van der Waals surface area contributed by atoms with Crippen molar-refractivity contribution in [2.24, 2.45) is 0 Å². The monoisotopic (exact) mass is 395 g/mol. The minimum Gasteiger partial charge on any atom is -0.496 e. The van der Waals surface area contributed by atoms with Gasteiger partial charge in [-0.15, -0.1) is 11.3 Å². The van der Waals surface area contributed by atoms with Crippen molar-refractivity contribution in [1.29, 1.82) is 0 Å². The lowest BCUT2D eigenvalue weighted by molar-refractivity contribution is -0.384. The first-order chi connectivity index (χ1) is 13.6. The predicted octanol–water partition coefficient (Wildman–Crippen LogP) is 4.80. The van der Waals surface area contributed by atoms with Crippen LogP contribution in [0.5, 0.6) is 11.5 Å². The summed E-state index contributed by atoms with van der Waals surface area (Å²) in [4.78, 5) is 23.1. The summed E-state index contributed by atoms with van der Waals surface area (Å²) in [6.07, 6.45) is 0.215. The van der Waals surface area contributed by atoms with E-state index in [9.17, 15) is 14.9 Å². The summed E-state index contributed by atoms with van der Waals surface area (Å²) >= 11 is 1.58. The highest BCUT2D eigenvalue weighted by Crippen LogP contribution is 2.41. The van der Waals surface area contributed by atoms with Crippen LogP contribution in [-0.2, 0) is 11.2 Å². The number of ether oxygens (including phenoxy) is 2. The Hall–Kier alpha value is -3.41. The maximum Gasteiger partial charge on any atom is 0.269 e. The van der Waals surface area contributed by atoms with Gasteiger partial charge in [0, 0.05) is 40.1 Å². The standard InChI is InChI=1S/C21H17NO5S/c1-26-19-10-9-17(20-4-3-11-28-20)21(27-2)18(19)12-15(13-23)14-5-7-16(8-6-14)22(24)25/h3-11H,12H2,1-2H3. The molecule has 2 aromatic carbocycles. The fourth-order valence-electron chi connectivity index (χ4n) is 2.99. The summed E-state index contributed by atoms with van der Waals surface area (Å²) in [5.74, 6) is 3.17. The zero-order valence-corrected chi connectivity index (χ0v) is 16.1. The van der Waals surface area contributed by atoms with Crippen LogP contribution in [0.25, 0.3) is 16.0 Å². The van der Waals surface area contributed by atoms with Crippen LogP contribution in [0.1, 0.15) is 11.1 Å². The molecule has 3 aromatic rings. The third-order valence-corrected chi connectivity index (χ3v) is 5.23. The molecule has 7 heteroatoms. The number of methoxy groups -OCH3 is 2. The highest BCUT2D eigenvalue weighted by molar-refractivity contribution is 7.13. The maximum absolute atomic E-state index is 11.7. The molecular weight excluding hydrogens is 378 g/mol. The van der Waals surface area contributed by atoms with Gasteiger partial charge in [0.15, 0.2) is 0 Å². The van der Waals surface area contributed by atoms with Gasteiger partial charge < -0.3 is 9.47 Å². The number of hydrogen-bond donors (Lipinski definition) is 0. The zero-order chi connectivity index (χ0) is 20.1. The molecule has 0 spiro atoms. The fraction of sp³-hybridized carbons (Fsp3) is 0.143. The van der Waals surface area contributed by atoms with Crippen LogP contribution in [0, 0.1) is 10.1 Å². The van der Waals surface area contributed by atoms with Gasteiger partial charge in [-0.25, -0.2) is 4.79 Å². The van der Waals surface area contributed by atoms with Crippen molar-refractivity contribution in [2.75, 3.05) is 14.2 Å². The summed E-state index contributed by atoms with van der Waals surface area (Å²) < 4.78 is 11.2. The number of allylic oxidation sites excluding steroid dienone is 1. The molecule has 1 aromatic heterocycles. The van der Waals surface area contributed by atoms with Gasteiger partial charge in [0.25, 0.3) is 5.69 Å². The van der Waals surface area contributed by atoms with Crippen LogP contribution in [0.2, 0.25) is 0 Å². The molecule has 0 radical (unpaired) electrons. The average molecular weight is 395 g/mol. The number of non-ortho nitro benzene ring substituents is 1. The Kier molecular flexibility index (Phi) is 5.89. The SMILES string of the molecule is COc1ccc(-c2cccs2)c(OC)c1CC(=C=O)c1ccc([N+](=O)[O-])cc1. The van der Waals surface area contributed by atoms with Gasteiger partial charge in [-0.05, 0) is 41.3 Å². The smallest absolute Gasteiger partial charge is 0.269 e. The van der Waals surface area contributed by atoms with Gasteiger partial charge >= 0.3 is 0 Å². The molecule has 0 bridgehead atoms. The number of nitrogens with zero attached hydrogens (tertiary/aromatic N) is 1. The molecular formula is C21H17NO5S. The Morgan fingerprint density at radius 1 is 1.11 bits per heavy atom. The van der Waals surface area contributed by atoms with Gasteiger partial charge in [-0.1, -0.05) is 6.07 Å². The van der Waals surface area contributed by atoms with E-state index in [0.717, 1.165) is 10.4 Å². The molecule has 0 unspecified atom stereocenters. The van der Waals surface area contributed by atoms with Gasteiger partial charge in [0.05, 0.1) is 19.1 Å². The molecule has 0 aliphatic rings. The predicted molar refractivity (Wildman–Crippen MR) is 109 cm³/mol. The van der Waals surface area contributed by atoms with E-state index in [4.69, 9.17) is 9.47 Å². The Morgan fingerprint density at radius 2 is 1.86 bits per heavy atom. The highest BCUT2D eigenvalue weighted by Gasteiger charge is 2.19. The second-order valence-electron chi connectivity index (χ2n) is 5.87. The van der Waals surface area contributed by atoms with E-state index in [-0.39, 0.29) is 12.1 Å². The average Bonchev–Trinajstić information content (AvgIpc) is 3.26. The van der Waals surface area contributed by atoms with Crippen LogP contribution in [0.3, 0.4) is 0 Å². The van der Waals surface area contributed by atoms with Crippen LogP contribution >= 0.6 is 11.3 Å². The Morgan fingerprint density at radius 3 is 2.39 bits per heavy atom. The number of nitro groups is 1. The van der Waals surface area contributed by atoms with Crippen LogP contribution in [0.4, 0.5) is 5.69 Å². The first kappa shape index (κ1) is 19.4.